The van der Waals surface area contributed by atoms with Crippen molar-refractivity contribution in [3.05, 3.63) is 65.2 Å². The topological polar surface area (TPSA) is 54.6 Å². The molecular weight excluding hydrogens is 252 g/mol. The van der Waals surface area contributed by atoms with Gasteiger partial charge in [0.2, 0.25) is 0 Å². The fourth-order valence-electron chi connectivity index (χ4n) is 1.65. The van der Waals surface area contributed by atoms with Crippen molar-refractivity contribution in [1.29, 1.82) is 5.26 Å². The van der Waals surface area contributed by atoms with E-state index in [0.717, 1.165) is 16.9 Å². The Morgan fingerprint density at radius 2 is 1.90 bits per heavy atom. The molecule has 0 N–H and O–H groups in total. The van der Waals surface area contributed by atoms with Crippen LogP contribution in [0.15, 0.2) is 53.7 Å². The summed E-state index contributed by atoms with van der Waals surface area (Å²) in [5.41, 5.74) is 2.34. The minimum Gasteiger partial charge on any atom is -0.497 e. The molecule has 0 aliphatic heterocycles. The van der Waals surface area contributed by atoms with Gasteiger partial charge in [0, 0.05) is 5.56 Å². The van der Waals surface area contributed by atoms with Crippen LogP contribution in [0, 0.1) is 11.3 Å². The third-order valence-corrected chi connectivity index (χ3v) is 2.75. The molecule has 2 aromatic rings. The largest absolute Gasteiger partial charge is 0.497 e. The molecule has 0 amide bonds. The van der Waals surface area contributed by atoms with Crippen molar-refractivity contribution in [3.8, 4) is 11.8 Å². The molecule has 0 heterocycles. The quantitative estimate of drug-likeness (QED) is 0.617. The Morgan fingerprint density at radius 1 is 1.15 bits per heavy atom. The van der Waals surface area contributed by atoms with E-state index in [2.05, 4.69) is 11.2 Å². The second-order valence-corrected chi connectivity index (χ2v) is 4.05. The van der Waals surface area contributed by atoms with Crippen molar-refractivity contribution in [1.82, 2.24) is 0 Å². The highest BCUT2D eigenvalue weighted by atomic mass is 16.6. The number of nitrogens with zero attached hydrogens (tertiary/aromatic N) is 2. The summed E-state index contributed by atoms with van der Waals surface area (Å²) in [5, 5.41) is 12.8. The molecule has 0 aromatic heterocycles. The summed E-state index contributed by atoms with van der Waals surface area (Å²) >= 11 is 0. The number of oxime groups is 1. The monoisotopic (exact) mass is 266 g/mol. The summed E-state index contributed by atoms with van der Waals surface area (Å²) in [4.78, 5) is 5.21. The van der Waals surface area contributed by atoms with E-state index in [1.165, 1.54) is 0 Å². The highest BCUT2D eigenvalue weighted by molar-refractivity contribution is 5.79. The van der Waals surface area contributed by atoms with Crippen molar-refractivity contribution >= 4 is 6.21 Å². The Balaban J connectivity index is 1.92. The van der Waals surface area contributed by atoms with Crippen molar-refractivity contribution in [3.63, 3.8) is 0 Å². The van der Waals surface area contributed by atoms with Gasteiger partial charge in [-0.15, -0.1) is 0 Å². The molecule has 4 heteroatoms. The average molecular weight is 266 g/mol. The summed E-state index contributed by atoms with van der Waals surface area (Å²) in [6.07, 6.45) is 1.62. The molecule has 0 radical (unpaired) electrons. The molecule has 0 saturated carbocycles. The normalized spacial score (nSPS) is 10.2. The van der Waals surface area contributed by atoms with Gasteiger partial charge >= 0.3 is 0 Å². The maximum Gasteiger partial charge on any atom is 0.143 e. The van der Waals surface area contributed by atoms with Crippen LogP contribution in [0.2, 0.25) is 0 Å². The number of nitriles is 1. The number of rotatable bonds is 5. The van der Waals surface area contributed by atoms with Gasteiger partial charge < -0.3 is 9.57 Å². The number of ether oxygens (including phenoxy) is 1. The third-order valence-electron chi connectivity index (χ3n) is 2.75. The standard InChI is InChI=1S/C16H14N2O2/c1-19-16-8-6-13(7-9-16)11-18-20-12-15-5-3-2-4-14(15)10-17/h2-9,11H,12H2,1H3. The van der Waals surface area contributed by atoms with E-state index >= 15 is 0 Å². The van der Waals surface area contributed by atoms with Crippen LogP contribution in [-0.4, -0.2) is 13.3 Å². The number of methoxy groups -OCH3 is 1. The highest BCUT2D eigenvalue weighted by Crippen LogP contribution is 2.11. The molecule has 4 nitrogen and oxygen atoms in total. The average Bonchev–Trinajstić information content (AvgIpc) is 2.52. The summed E-state index contributed by atoms with van der Waals surface area (Å²) in [6, 6.07) is 16.9. The Bertz CT molecular complexity index is 628. The molecule has 0 fully saturated rings. The zero-order valence-electron chi connectivity index (χ0n) is 11.1. The first-order chi connectivity index (χ1) is 9.83. The SMILES string of the molecule is COc1ccc(C=NOCc2ccccc2C#N)cc1. The van der Waals surface area contributed by atoms with Gasteiger partial charge in [-0.25, -0.2) is 0 Å². The molecule has 100 valence electrons. The first kappa shape index (κ1) is 13.6. The van der Waals surface area contributed by atoms with E-state index in [0.29, 0.717) is 5.56 Å². The first-order valence-electron chi connectivity index (χ1n) is 6.11. The summed E-state index contributed by atoms with van der Waals surface area (Å²) in [7, 11) is 1.62. The molecule has 2 rings (SSSR count). The van der Waals surface area contributed by atoms with E-state index in [1.54, 1.807) is 19.4 Å². The maximum atomic E-state index is 8.95. The Morgan fingerprint density at radius 3 is 2.60 bits per heavy atom. The number of hydrogen-bond acceptors (Lipinski definition) is 4. The van der Waals surface area contributed by atoms with E-state index < -0.39 is 0 Å². The van der Waals surface area contributed by atoms with Gasteiger partial charge in [0.25, 0.3) is 0 Å². The van der Waals surface area contributed by atoms with Gasteiger partial charge in [0.1, 0.15) is 12.4 Å². The lowest BCUT2D eigenvalue weighted by Crippen LogP contribution is -1.92. The van der Waals surface area contributed by atoms with Crippen LogP contribution >= 0.6 is 0 Å². The van der Waals surface area contributed by atoms with Crippen LogP contribution in [0.25, 0.3) is 0 Å². The summed E-state index contributed by atoms with van der Waals surface area (Å²) < 4.78 is 5.07. The fourth-order valence-corrected chi connectivity index (χ4v) is 1.65. The summed E-state index contributed by atoms with van der Waals surface area (Å²) in [5.74, 6) is 0.797. The molecule has 0 bridgehead atoms. The zero-order valence-corrected chi connectivity index (χ0v) is 11.1. The molecular formula is C16H14N2O2. The molecule has 0 unspecified atom stereocenters. The molecule has 2 aromatic carbocycles. The van der Waals surface area contributed by atoms with Gasteiger partial charge in [0.15, 0.2) is 0 Å². The second-order valence-electron chi connectivity index (χ2n) is 4.05. The maximum absolute atomic E-state index is 8.95. The van der Waals surface area contributed by atoms with Gasteiger partial charge in [-0.05, 0) is 35.9 Å². The number of benzene rings is 2. The lowest BCUT2D eigenvalue weighted by Gasteiger charge is -2.02. The number of hydrogen-bond donors (Lipinski definition) is 0. The highest BCUT2D eigenvalue weighted by Gasteiger charge is 1.99. The second kappa shape index (κ2) is 6.95. The van der Waals surface area contributed by atoms with Crippen molar-refractivity contribution in [2.75, 3.05) is 7.11 Å². The summed E-state index contributed by atoms with van der Waals surface area (Å²) in [6.45, 7) is 0.274. The van der Waals surface area contributed by atoms with Crippen LogP contribution in [-0.2, 0) is 11.4 Å². The lowest BCUT2D eigenvalue weighted by atomic mass is 10.1. The van der Waals surface area contributed by atoms with Crippen molar-refractivity contribution < 1.29 is 9.57 Å². The van der Waals surface area contributed by atoms with E-state index in [4.69, 9.17) is 14.8 Å². The fraction of sp³-hybridized carbons (Fsp3) is 0.125. The Kier molecular flexibility index (Phi) is 4.74. The smallest absolute Gasteiger partial charge is 0.143 e. The molecule has 0 saturated heterocycles. The van der Waals surface area contributed by atoms with E-state index in [1.807, 2.05) is 42.5 Å². The van der Waals surface area contributed by atoms with Gasteiger partial charge in [-0.3, -0.25) is 0 Å². The van der Waals surface area contributed by atoms with Crippen LogP contribution in [0.5, 0.6) is 5.75 Å². The Hall–Kier alpha value is -2.80. The predicted molar refractivity (Wildman–Crippen MR) is 76.5 cm³/mol. The lowest BCUT2D eigenvalue weighted by molar-refractivity contribution is 0.132. The van der Waals surface area contributed by atoms with Crippen LogP contribution in [0.3, 0.4) is 0 Å². The predicted octanol–water partition coefficient (Wildman–Crippen LogP) is 3.12. The molecule has 20 heavy (non-hydrogen) atoms. The van der Waals surface area contributed by atoms with Crippen molar-refractivity contribution in [2.24, 2.45) is 5.16 Å². The van der Waals surface area contributed by atoms with Crippen molar-refractivity contribution in [2.45, 2.75) is 6.61 Å². The third kappa shape index (κ3) is 3.59. The molecule has 0 spiro atoms. The van der Waals surface area contributed by atoms with E-state index in [9.17, 15) is 0 Å². The minimum absolute atomic E-state index is 0.274. The molecule has 0 aliphatic carbocycles. The van der Waals surface area contributed by atoms with Crippen LogP contribution < -0.4 is 4.74 Å². The molecule has 0 atom stereocenters. The van der Waals surface area contributed by atoms with Crippen LogP contribution in [0.4, 0.5) is 0 Å². The van der Waals surface area contributed by atoms with Gasteiger partial charge in [-0.2, -0.15) is 5.26 Å². The zero-order chi connectivity index (χ0) is 14.2. The first-order valence-corrected chi connectivity index (χ1v) is 6.11. The van der Waals surface area contributed by atoms with E-state index in [-0.39, 0.29) is 6.61 Å². The van der Waals surface area contributed by atoms with Crippen LogP contribution in [0.1, 0.15) is 16.7 Å². The Labute approximate surface area is 117 Å². The molecule has 0 aliphatic rings. The van der Waals surface area contributed by atoms with Gasteiger partial charge in [0.05, 0.1) is 25.0 Å². The minimum atomic E-state index is 0.274. The van der Waals surface area contributed by atoms with Gasteiger partial charge in [-0.1, -0.05) is 23.4 Å².